The zero-order valence-electron chi connectivity index (χ0n) is 7.66. The van der Waals surface area contributed by atoms with Crippen LogP contribution in [0.4, 0.5) is 5.69 Å². The molecule has 0 saturated carbocycles. The van der Waals surface area contributed by atoms with Crippen molar-refractivity contribution in [2.45, 2.75) is 18.9 Å². The van der Waals surface area contributed by atoms with Gasteiger partial charge in [0.2, 0.25) is 0 Å². The Balaban J connectivity index is 2.19. The maximum atomic E-state index is 4.20. The zero-order chi connectivity index (χ0) is 8.84. The third-order valence-corrected chi connectivity index (χ3v) is 3.21. The molecule has 0 radical (unpaired) electrons. The van der Waals surface area contributed by atoms with Gasteiger partial charge in [0.15, 0.2) is 0 Å². The lowest BCUT2D eigenvalue weighted by atomic mass is 10.0. The summed E-state index contributed by atoms with van der Waals surface area (Å²) in [5.74, 6) is 0. The highest BCUT2D eigenvalue weighted by atomic mass is 15.2. The molecule has 0 unspecified atom stereocenters. The molecular weight excluding hydrogens is 158 g/mol. The van der Waals surface area contributed by atoms with E-state index < -0.39 is 0 Å². The largest absolute Gasteiger partial charge is 0.364 e. The van der Waals surface area contributed by atoms with Gasteiger partial charge in [0.1, 0.15) is 0 Å². The van der Waals surface area contributed by atoms with E-state index in [9.17, 15) is 0 Å². The number of anilines is 1. The number of hydrogen-bond acceptors (Lipinski definition) is 1. The first-order chi connectivity index (χ1) is 6.38. The van der Waals surface area contributed by atoms with Crippen LogP contribution in [0.5, 0.6) is 0 Å². The molecule has 0 bridgehead atoms. The van der Waals surface area contributed by atoms with Gasteiger partial charge in [-0.15, -0.1) is 0 Å². The second-order valence-corrected chi connectivity index (χ2v) is 3.89. The summed E-state index contributed by atoms with van der Waals surface area (Å²) in [6.45, 7) is 5.41. The highest BCUT2D eigenvalue weighted by Gasteiger charge is 2.35. The third kappa shape index (κ3) is 0.819. The topological polar surface area (TPSA) is 3.24 Å². The highest BCUT2D eigenvalue weighted by molar-refractivity contribution is 5.87. The predicted molar refractivity (Wildman–Crippen MR) is 55.8 cm³/mol. The number of rotatable bonds is 0. The molecule has 0 spiro atoms. The Labute approximate surface area is 78.7 Å². The SMILES string of the molecule is C=C1c2ccccc2N2CCC[C@H]12. The van der Waals surface area contributed by atoms with Gasteiger partial charge in [0.05, 0.1) is 6.04 Å². The van der Waals surface area contributed by atoms with E-state index >= 15 is 0 Å². The second-order valence-electron chi connectivity index (χ2n) is 3.89. The molecule has 1 aromatic rings. The zero-order valence-corrected chi connectivity index (χ0v) is 7.66. The first kappa shape index (κ1) is 7.19. The Kier molecular flexibility index (Phi) is 1.32. The number of nitrogens with zero attached hydrogens (tertiary/aromatic N) is 1. The van der Waals surface area contributed by atoms with Crippen LogP contribution in [0.2, 0.25) is 0 Å². The first-order valence-electron chi connectivity index (χ1n) is 4.93. The Hall–Kier alpha value is -1.24. The maximum absolute atomic E-state index is 4.20. The molecule has 1 aromatic carbocycles. The van der Waals surface area contributed by atoms with Gasteiger partial charge in [-0.1, -0.05) is 24.8 Å². The van der Waals surface area contributed by atoms with Crippen LogP contribution >= 0.6 is 0 Å². The Morgan fingerprint density at radius 2 is 2.15 bits per heavy atom. The summed E-state index contributed by atoms with van der Waals surface area (Å²) < 4.78 is 0. The van der Waals surface area contributed by atoms with E-state index in [1.165, 1.54) is 36.2 Å². The van der Waals surface area contributed by atoms with E-state index in [-0.39, 0.29) is 0 Å². The van der Waals surface area contributed by atoms with Crippen LogP contribution in [0.15, 0.2) is 30.8 Å². The van der Waals surface area contributed by atoms with Crippen LogP contribution in [0.25, 0.3) is 5.57 Å². The van der Waals surface area contributed by atoms with Gasteiger partial charge in [0.25, 0.3) is 0 Å². The summed E-state index contributed by atoms with van der Waals surface area (Å²) in [5.41, 5.74) is 4.09. The minimum absolute atomic E-state index is 0.609. The van der Waals surface area contributed by atoms with Crippen molar-refractivity contribution in [3.63, 3.8) is 0 Å². The average Bonchev–Trinajstić information content (AvgIpc) is 2.72. The number of hydrogen-bond donors (Lipinski definition) is 0. The van der Waals surface area contributed by atoms with Crippen molar-refractivity contribution in [3.05, 3.63) is 36.4 Å². The van der Waals surface area contributed by atoms with Crippen molar-refractivity contribution >= 4 is 11.3 Å². The van der Waals surface area contributed by atoms with Crippen LogP contribution in [-0.2, 0) is 0 Å². The number of fused-ring (bicyclic) bond motifs is 3. The van der Waals surface area contributed by atoms with Crippen LogP contribution < -0.4 is 4.90 Å². The molecule has 1 heteroatoms. The summed E-state index contributed by atoms with van der Waals surface area (Å²) in [4.78, 5) is 2.50. The Bertz CT molecular complexity index is 367. The lowest BCUT2D eigenvalue weighted by Crippen LogP contribution is -2.23. The lowest BCUT2D eigenvalue weighted by molar-refractivity contribution is 0.849. The molecule has 0 N–H and O–H groups in total. The molecule has 0 aromatic heterocycles. The van der Waals surface area contributed by atoms with Gasteiger partial charge in [-0.05, 0) is 24.5 Å². The van der Waals surface area contributed by atoms with E-state index in [0.29, 0.717) is 6.04 Å². The van der Waals surface area contributed by atoms with Crippen LogP contribution in [0, 0.1) is 0 Å². The summed E-state index contributed by atoms with van der Waals surface area (Å²) in [7, 11) is 0. The van der Waals surface area contributed by atoms with Crippen LogP contribution in [-0.4, -0.2) is 12.6 Å². The maximum Gasteiger partial charge on any atom is 0.0544 e. The smallest absolute Gasteiger partial charge is 0.0544 e. The van der Waals surface area contributed by atoms with Gasteiger partial charge in [-0.25, -0.2) is 0 Å². The van der Waals surface area contributed by atoms with Crippen molar-refractivity contribution in [3.8, 4) is 0 Å². The van der Waals surface area contributed by atoms with Gasteiger partial charge in [-0.3, -0.25) is 0 Å². The standard InChI is InChI=1S/C12H13N/c1-9-10-5-2-3-6-12(10)13-8-4-7-11(9)13/h2-3,5-6,11H,1,4,7-8H2/t11-/m1/s1. The van der Waals surface area contributed by atoms with Gasteiger partial charge < -0.3 is 4.90 Å². The fourth-order valence-electron chi connectivity index (χ4n) is 2.59. The summed E-state index contributed by atoms with van der Waals surface area (Å²) in [5, 5.41) is 0. The molecule has 13 heavy (non-hydrogen) atoms. The summed E-state index contributed by atoms with van der Waals surface area (Å²) >= 11 is 0. The molecule has 0 aliphatic carbocycles. The Morgan fingerprint density at radius 3 is 3.08 bits per heavy atom. The molecule has 2 heterocycles. The Morgan fingerprint density at radius 1 is 1.31 bits per heavy atom. The lowest BCUT2D eigenvalue weighted by Gasteiger charge is -2.18. The summed E-state index contributed by atoms with van der Waals surface area (Å²) in [6.07, 6.45) is 2.60. The summed E-state index contributed by atoms with van der Waals surface area (Å²) in [6, 6.07) is 9.23. The molecule has 1 atom stereocenters. The molecule has 2 aliphatic rings. The van der Waals surface area contributed by atoms with E-state index in [1.54, 1.807) is 0 Å². The minimum Gasteiger partial charge on any atom is -0.364 e. The van der Waals surface area contributed by atoms with Crippen molar-refractivity contribution in [2.24, 2.45) is 0 Å². The second kappa shape index (κ2) is 2.38. The molecule has 1 fully saturated rings. The first-order valence-corrected chi connectivity index (χ1v) is 4.93. The number of para-hydroxylation sites is 1. The van der Waals surface area contributed by atoms with E-state index in [1.807, 2.05) is 0 Å². The molecule has 66 valence electrons. The molecule has 1 saturated heterocycles. The van der Waals surface area contributed by atoms with E-state index in [2.05, 4.69) is 35.7 Å². The van der Waals surface area contributed by atoms with E-state index in [0.717, 1.165) is 0 Å². The number of benzene rings is 1. The van der Waals surface area contributed by atoms with Crippen molar-refractivity contribution < 1.29 is 0 Å². The van der Waals surface area contributed by atoms with Crippen molar-refractivity contribution in [2.75, 3.05) is 11.4 Å². The van der Waals surface area contributed by atoms with Gasteiger partial charge in [-0.2, -0.15) is 0 Å². The monoisotopic (exact) mass is 171 g/mol. The molecule has 0 amide bonds. The third-order valence-electron chi connectivity index (χ3n) is 3.21. The fraction of sp³-hybridized carbons (Fsp3) is 0.333. The van der Waals surface area contributed by atoms with Crippen LogP contribution in [0.1, 0.15) is 18.4 Å². The average molecular weight is 171 g/mol. The van der Waals surface area contributed by atoms with E-state index in [4.69, 9.17) is 0 Å². The highest BCUT2D eigenvalue weighted by Crippen LogP contribution is 2.43. The normalized spacial score (nSPS) is 24.8. The molecular formula is C12H13N. The molecule has 1 nitrogen and oxygen atoms in total. The van der Waals surface area contributed by atoms with Crippen LogP contribution in [0.3, 0.4) is 0 Å². The fourth-order valence-corrected chi connectivity index (χ4v) is 2.59. The molecule has 3 rings (SSSR count). The minimum atomic E-state index is 0.609. The van der Waals surface area contributed by atoms with Gasteiger partial charge in [0, 0.05) is 17.8 Å². The van der Waals surface area contributed by atoms with Crippen molar-refractivity contribution in [1.82, 2.24) is 0 Å². The van der Waals surface area contributed by atoms with Gasteiger partial charge >= 0.3 is 0 Å². The quantitative estimate of drug-likeness (QED) is 0.580. The van der Waals surface area contributed by atoms with Crippen molar-refractivity contribution in [1.29, 1.82) is 0 Å². The molecule has 2 aliphatic heterocycles. The predicted octanol–water partition coefficient (Wildman–Crippen LogP) is 2.68.